The molecule has 2 rings (SSSR count). The number of aromatic nitrogens is 2. The summed E-state index contributed by atoms with van der Waals surface area (Å²) >= 11 is 7.48. The quantitative estimate of drug-likeness (QED) is 0.434. The molecule has 1 aromatic heterocycles. The van der Waals surface area contributed by atoms with Gasteiger partial charge in [-0.15, -0.1) is 0 Å². The molecule has 0 amide bonds. The zero-order valence-corrected chi connectivity index (χ0v) is 14.5. The zero-order chi connectivity index (χ0) is 16.8. The largest absolute Gasteiger partial charge is 0.545 e. The first kappa shape index (κ1) is 17.6. The number of halogens is 1. The van der Waals surface area contributed by atoms with Crippen molar-refractivity contribution in [2.24, 2.45) is 0 Å². The summed E-state index contributed by atoms with van der Waals surface area (Å²) in [6.07, 6.45) is 1.01. The lowest BCUT2D eigenvalue weighted by molar-refractivity contribution is -0.255. The Labute approximate surface area is 144 Å². The number of carbonyl (C=O) groups is 1. The number of thioether (sulfide) groups is 1. The average molecular weight is 351 g/mol. The van der Waals surface area contributed by atoms with Gasteiger partial charge in [0.25, 0.3) is 0 Å². The van der Waals surface area contributed by atoms with E-state index in [1.807, 2.05) is 18.0 Å². The van der Waals surface area contributed by atoms with Gasteiger partial charge in [0.1, 0.15) is 11.0 Å². The third-order valence-electron chi connectivity index (χ3n) is 3.14. The van der Waals surface area contributed by atoms with Crippen molar-refractivity contribution in [1.82, 2.24) is 9.97 Å². The van der Waals surface area contributed by atoms with E-state index in [0.29, 0.717) is 16.1 Å². The van der Waals surface area contributed by atoms with Crippen LogP contribution in [0.3, 0.4) is 0 Å². The van der Waals surface area contributed by atoms with Crippen molar-refractivity contribution >= 4 is 35.1 Å². The highest BCUT2D eigenvalue weighted by Gasteiger charge is 2.08. The molecule has 122 valence electrons. The number of aromatic carboxylic acids is 1. The Bertz CT molecular complexity index is 697. The highest BCUT2D eigenvalue weighted by Crippen LogP contribution is 2.24. The Morgan fingerprint density at radius 3 is 2.83 bits per heavy atom. The Kier molecular flexibility index (Phi) is 6.24. The van der Waals surface area contributed by atoms with Crippen LogP contribution >= 0.6 is 23.4 Å². The SMILES string of the molecule is CCCN(C)c1cc(Cl)nc(SCc2cccc(C(=O)[O-])c2)n1. The first-order valence-electron chi connectivity index (χ1n) is 7.18. The molecule has 0 aliphatic heterocycles. The number of nitrogens with zero attached hydrogens (tertiary/aromatic N) is 3. The minimum Gasteiger partial charge on any atom is -0.545 e. The van der Waals surface area contributed by atoms with Crippen LogP contribution in [0.2, 0.25) is 5.15 Å². The Hall–Kier alpha value is -1.79. The lowest BCUT2D eigenvalue weighted by Gasteiger charge is -2.17. The van der Waals surface area contributed by atoms with Crippen LogP contribution in [0.5, 0.6) is 0 Å². The Balaban J connectivity index is 2.11. The summed E-state index contributed by atoms with van der Waals surface area (Å²) in [7, 11) is 1.96. The van der Waals surface area contributed by atoms with Crippen molar-refractivity contribution in [3.8, 4) is 0 Å². The Morgan fingerprint density at radius 2 is 2.13 bits per heavy atom. The fourth-order valence-electron chi connectivity index (χ4n) is 2.03. The maximum Gasteiger partial charge on any atom is 0.191 e. The maximum atomic E-state index is 10.9. The van der Waals surface area contributed by atoms with Crippen molar-refractivity contribution in [1.29, 1.82) is 0 Å². The molecule has 0 aliphatic rings. The van der Waals surface area contributed by atoms with Crippen LogP contribution in [0, 0.1) is 0 Å². The number of benzene rings is 1. The molecule has 0 unspecified atom stereocenters. The maximum absolute atomic E-state index is 10.9. The second-order valence-corrected chi connectivity index (χ2v) is 6.36. The van der Waals surface area contributed by atoms with E-state index in [1.54, 1.807) is 18.2 Å². The van der Waals surface area contributed by atoms with Gasteiger partial charge < -0.3 is 14.8 Å². The van der Waals surface area contributed by atoms with Gasteiger partial charge in [-0.25, -0.2) is 9.97 Å². The highest BCUT2D eigenvalue weighted by atomic mass is 35.5. The molecule has 0 saturated carbocycles. The third kappa shape index (κ3) is 5.11. The van der Waals surface area contributed by atoms with E-state index in [0.717, 1.165) is 24.3 Å². The molecule has 1 aromatic carbocycles. The van der Waals surface area contributed by atoms with E-state index in [9.17, 15) is 9.90 Å². The summed E-state index contributed by atoms with van der Waals surface area (Å²) in [6.45, 7) is 2.98. The first-order chi connectivity index (χ1) is 11.0. The normalized spacial score (nSPS) is 10.6. The topological polar surface area (TPSA) is 69.2 Å². The van der Waals surface area contributed by atoms with Gasteiger partial charge in [0.05, 0.1) is 5.97 Å². The van der Waals surface area contributed by atoms with Gasteiger partial charge in [0, 0.05) is 25.4 Å². The molecule has 0 radical (unpaired) electrons. The van der Waals surface area contributed by atoms with E-state index in [1.165, 1.54) is 17.8 Å². The molecule has 5 nitrogen and oxygen atoms in total. The van der Waals surface area contributed by atoms with Crippen LogP contribution in [0.15, 0.2) is 35.5 Å². The van der Waals surface area contributed by atoms with Gasteiger partial charge in [-0.05, 0) is 23.6 Å². The lowest BCUT2D eigenvalue weighted by Crippen LogP contribution is -2.22. The van der Waals surface area contributed by atoms with Crippen LogP contribution in [-0.4, -0.2) is 29.5 Å². The predicted molar refractivity (Wildman–Crippen MR) is 90.9 cm³/mol. The summed E-state index contributed by atoms with van der Waals surface area (Å²) in [5.41, 5.74) is 1.03. The minimum absolute atomic E-state index is 0.165. The second kappa shape index (κ2) is 8.17. The number of anilines is 1. The first-order valence-corrected chi connectivity index (χ1v) is 8.54. The van der Waals surface area contributed by atoms with Crippen LogP contribution in [0.1, 0.15) is 29.3 Å². The van der Waals surface area contributed by atoms with Gasteiger partial charge in [0.2, 0.25) is 0 Å². The number of carboxylic acids is 1. The second-order valence-electron chi connectivity index (χ2n) is 5.03. The van der Waals surface area contributed by atoms with Gasteiger partial charge in [-0.2, -0.15) is 0 Å². The lowest BCUT2D eigenvalue weighted by atomic mass is 10.1. The molecular weight excluding hydrogens is 334 g/mol. The van der Waals surface area contributed by atoms with Gasteiger partial charge in [-0.3, -0.25) is 0 Å². The van der Waals surface area contributed by atoms with Crippen molar-refractivity contribution in [3.05, 3.63) is 46.6 Å². The monoisotopic (exact) mass is 350 g/mol. The fraction of sp³-hybridized carbons (Fsp3) is 0.312. The molecule has 23 heavy (non-hydrogen) atoms. The summed E-state index contributed by atoms with van der Waals surface area (Å²) in [5.74, 6) is 0.149. The van der Waals surface area contributed by atoms with Crippen LogP contribution in [0.4, 0.5) is 5.82 Å². The number of rotatable bonds is 7. The van der Waals surface area contributed by atoms with Crippen molar-refractivity contribution in [3.63, 3.8) is 0 Å². The number of hydrogen-bond donors (Lipinski definition) is 0. The molecule has 2 aromatic rings. The molecule has 0 fully saturated rings. The average Bonchev–Trinajstić information content (AvgIpc) is 2.53. The minimum atomic E-state index is -1.18. The van der Waals surface area contributed by atoms with E-state index < -0.39 is 5.97 Å². The number of carbonyl (C=O) groups excluding carboxylic acids is 1. The Morgan fingerprint density at radius 1 is 1.35 bits per heavy atom. The zero-order valence-electron chi connectivity index (χ0n) is 13.0. The molecule has 0 bridgehead atoms. The fourth-order valence-corrected chi connectivity index (χ4v) is 3.06. The number of carboxylic acid groups (broad SMARTS) is 1. The molecular formula is C16H17ClN3O2S-. The van der Waals surface area contributed by atoms with Gasteiger partial charge in [-0.1, -0.05) is 48.5 Å². The molecule has 0 saturated heterocycles. The molecule has 0 spiro atoms. The molecule has 0 aliphatic carbocycles. The van der Waals surface area contributed by atoms with Gasteiger partial charge >= 0.3 is 0 Å². The van der Waals surface area contributed by atoms with Crippen molar-refractivity contribution < 1.29 is 9.90 Å². The summed E-state index contributed by atoms with van der Waals surface area (Å²) in [6, 6.07) is 8.39. The molecule has 1 heterocycles. The van der Waals surface area contributed by atoms with Gasteiger partial charge in [0.15, 0.2) is 5.16 Å². The van der Waals surface area contributed by atoms with E-state index in [-0.39, 0.29) is 5.56 Å². The van der Waals surface area contributed by atoms with Crippen molar-refractivity contribution in [2.75, 3.05) is 18.5 Å². The van der Waals surface area contributed by atoms with E-state index in [2.05, 4.69) is 16.9 Å². The molecule has 0 N–H and O–H groups in total. The predicted octanol–water partition coefficient (Wildman–Crippen LogP) is 2.63. The third-order valence-corrected chi connectivity index (χ3v) is 4.25. The summed E-state index contributed by atoms with van der Waals surface area (Å²) in [4.78, 5) is 21.6. The highest BCUT2D eigenvalue weighted by molar-refractivity contribution is 7.98. The van der Waals surface area contributed by atoms with Crippen LogP contribution < -0.4 is 10.0 Å². The van der Waals surface area contributed by atoms with E-state index >= 15 is 0 Å². The molecule has 0 atom stereocenters. The van der Waals surface area contributed by atoms with Crippen LogP contribution in [0.25, 0.3) is 0 Å². The smallest absolute Gasteiger partial charge is 0.191 e. The summed E-state index contributed by atoms with van der Waals surface area (Å²) < 4.78 is 0. The van der Waals surface area contributed by atoms with E-state index in [4.69, 9.17) is 11.6 Å². The van der Waals surface area contributed by atoms with Crippen molar-refractivity contribution in [2.45, 2.75) is 24.3 Å². The molecule has 7 heteroatoms. The number of hydrogen-bond acceptors (Lipinski definition) is 6. The van der Waals surface area contributed by atoms with Crippen LogP contribution in [-0.2, 0) is 5.75 Å². The standard InChI is InChI=1S/C16H18ClN3O2S/c1-3-7-20(2)14-9-13(17)18-16(19-14)23-10-11-5-4-6-12(8-11)15(21)22/h4-6,8-9H,3,7,10H2,1-2H3,(H,21,22)/p-1. The summed E-state index contributed by atoms with van der Waals surface area (Å²) in [5, 5.41) is 11.8.